The van der Waals surface area contributed by atoms with Crippen molar-refractivity contribution in [3.05, 3.63) is 11.8 Å². The molecule has 1 fully saturated rings. The van der Waals surface area contributed by atoms with Gasteiger partial charge in [-0.25, -0.2) is 0 Å². The topological polar surface area (TPSA) is 67.2 Å². The van der Waals surface area contributed by atoms with Crippen molar-refractivity contribution < 1.29 is 9.32 Å². The van der Waals surface area contributed by atoms with Crippen LogP contribution in [0.2, 0.25) is 0 Å². The molecule has 0 aromatic carbocycles. The Labute approximate surface area is 88.2 Å². The second-order valence-electron chi connectivity index (χ2n) is 3.93. The second-order valence-corrected chi connectivity index (χ2v) is 3.93. The van der Waals surface area contributed by atoms with Gasteiger partial charge in [0.15, 0.2) is 5.82 Å². The second kappa shape index (κ2) is 4.44. The lowest BCUT2D eigenvalue weighted by Crippen LogP contribution is -2.18. The highest BCUT2D eigenvalue weighted by Gasteiger charge is 2.18. The molecule has 2 heterocycles. The molecule has 2 rings (SSSR count). The number of anilines is 1. The SMILES string of the molecule is Cc1cc(NC(=O)CC2CCNC2)no1. The first kappa shape index (κ1) is 10.2. The number of aryl methyl sites for hydroxylation is 1. The molecule has 5 heteroatoms. The van der Waals surface area contributed by atoms with E-state index < -0.39 is 0 Å². The first-order valence-electron chi connectivity index (χ1n) is 5.18. The third kappa shape index (κ3) is 2.79. The molecule has 0 aliphatic carbocycles. The lowest BCUT2D eigenvalue weighted by Gasteiger charge is -2.06. The van der Waals surface area contributed by atoms with Gasteiger partial charge in [-0.05, 0) is 32.4 Å². The number of hydrogen-bond acceptors (Lipinski definition) is 4. The summed E-state index contributed by atoms with van der Waals surface area (Å²) in [5, 5.41) is 9.66. The Morgan fingerprint density at radius 3 is 3.27 bits per heavy atom. The van der Waals surface area contributed by atoms with Crippen molar-refractivity contribution in [2.24, 2.45) is 5.92 Å². The number of amides is 1. The van der Waals surface area contributed by atoms with E-state index in [-0.39, 0.29) is 5.91 Å². The Kier molecular flexibility index (Phi) is 3.01. The molecule has 1 saturated heterocycles. The Hall–Kier alpha value is -1.36. The smallest absolute Gasteiger partial charge is 0.225 e. The van der Waals surface area contributed by atoms with Gasteiger partial charge in [0.05, 0.1) is 0 Å². The van der Waals surface area contributed by atoms with Crippen LogP contribution in [0.25, 0.3) is 0 Å². The molecular formula is C10H15N3O2. The lowest BCUT2D eigenvalue weighted by atomic mass is 10.0. The number of rotatable bonds is 3. The van der Waals surface area contributed by atoms with E-state index in [0.29, 0.717) is 23.9 Å². The predicted molar refractivity (Wildman–Crippen MR) is 55.5 cm³/mol. The van der Waals surface area contributed by atoms with Gasteiger partial charge in [0.25, 0.3) is 0 Å². The molecule has 0 saturated carbocycles. The van der Waals surface area contributed by atoms with Gasteiger partial charge in [-0.3, -0.25) is 4.79 Å². The number of nitrogens with one attached hydrogen (secondary N) is 2. The predicted octanol–water partition coefficient (Wildman–Crippen LogP) is 0.921. The van der Waals surface area contributed by atoms with Crippen LogP contribution in [0.15, 0.2) is 10.6 Å². The van der Waals surface area contributed by atoms with Crippen molar-refractivity contribution in [1.82, 2.24) is 10.5 Å². The van der Waals surface area contributed by atoms with Crippen molar-refractivity contribution in [1.29, 1.82) is 0 Å². The molecule has 5 nitrogen and oxygen atoms in total. The molecule has 15 heavy (non-hydrogen) atoms. The molecule has 1 amide bonds. The van der Waals surface area contributed by atoms with Gasteiger partial charge in [0.2, 0.25) is 5.91 Å². The molecule has 1 aliphatic heterocycles. The van der Waals surface area contributed by atoms with Crippen LogP contribution in [0.1, 0.15) is 18.6 Å². The van der Waals surface area contributed by atoms with Gasteiger partial charge in [-0.1, -0.05) is 5.16 Å². The van der Waals surface area contributed by atoms with Crippen molar-refractivity contribution in [3.63, 3.8) is 0 Å². The summed E-state index contributed by atoms with van der Waals surface area (Å²) in [4.78, 5) is 11.6. The summed E-state index contributed by atoms with van der Waals surface area (Å²) in [5.74, 6) is 1.67. The van der Waals surface area contributed by atoms with Crippen molar-refractivity contribution in [2.45, 2.75) is 19.8 Å². The van der Waals surface area contributed by atoms with E-state index in [9.17, 15) is 4.79 Å². The first-order valence-corrected chi connectivity index (χ1v) is 5.18. The molecule has 2 N–H and O–H groups in total. The van der Waals surface area contributed by atoms with Gasteiger partial charge in [-0.15, -0.1) is 0 Å². The van der Waals surface area contributed by atoms with Gasteiger partial charge in [0.1, 0.15) is 5.76 Å². The molecule has 82 valence electrons. The molecule has 0 bridgehead atoms. The molecule has 1 atom stereocenters. The summed E-state index contributed by atoms with van der Waals surface area (Å²) in [7, 11) is 0. The zero-order valence-electron chi connectivity index (χ0n) is 8.75. The van der Waals surface area contributed by atoms with Crippen molar-refractivity contribution in [3.8, 4) is 0 Å². The molecule has 1 aliphatic rings. The van der Waals surface area contributed by atoms with Crippen molar-refractivity contribution >= 4 is 11.7 Å². The Balaban J connectivity index is 1.81. The van der Waals surface area contributed by atoms with E-state index in [2.05, 4.69) is 15.8 Å². The fraction of sp³-hybridized carbons (Fsp3) is 0.600. The maximum Gasteiger partial charge on any atom is 0.225 e. The number of nitrogens with zero attached hydrogens (tertiary/aromatic N) is 1. The molecule has 1 aromatic rings. The minimum absolute atomic E-state index is 0.0111. The molecule has 1 unspecified atom stereocenters. The maximum atomic E-state index is 11.6. The van der Waals surface area contributed by atoms with Crippen LogP contribution >= 0.6 is 0 Å². The van der Waals surface area contributed by atoms with Gasteiger partial charge in [-0.2, -0.15) is 0 Å². The summed E-state index contributed by atoms with van der Waals surface area (Å²) in [6.07, 6.45) is 1.63. The van der Waals surface area contributed by atoms with Crippen LogP contribution in [-0.2, 0) is 4.79 Å². The average molecular weight is 209 g/mol. The minimum atomic E-state index is 0.0111. The third-order valence-corrected chi connectivity index (χ3v) is 2.53. The van der Waals surface area contributed by atoms with Gasteiger partial charge < -0.3 is 15.2 Å². The van der Waals surface area contributed by atoms with E-state index in [0.717, 1.165) is 19.5 Å². The highest BCUT2D eigenvalue weighted by atomic mass is 16.5. The number of hydrogen-bond donors (Lipinski definition) is 2. The van der Waals surface area contributed by atoms with E-state index in [1.807, 2.05) is 0 Å². The van der Waals surface area contributed by atoms with Crippen LogP contribution in [0.3, 0.4) is 0 Å². The molecule has 0 radical (unpaired) electrons. The maximum absolute atomic E-state index is 11.6. The fourth-order valence-corrected chi connectivity index (χ4v) is 1.77. The summed E-state index contributed by atoms with van der Waals surface area (Å²) in [5.41, 5.74) is 0. The average Bonchev–Trinajstić information content (AvgIpc) is 2.77. The lowest BCUT2D eigenvalue weighted by molar-refractivity contribution is -0.117. The van der Waals surface area contributed by atoms with E-state index in [4.69, 9.17) is 4.52 Å². The minimum Gasteiger partial charge on any atom is -0.360 e. The Morgan fingerprint density at radius 1 is 1.80 bits per heavy atom. The third-order valence-electron chi connectivity index (χ3n) is 2.53. The van der Waals surface area contributed by atoms with E-state index in [1.165, 1.54) is 0 Å². The fourth-order valence-electron chi connectivity index (χ4n) is 1.77. The van der Waals surface area contributed by atoms with Gasteiger partial charge >= 0.3 is 0 Å². The van der Waals surface area contributed by atoms with Crippen LogP contribution in [0.5, 0.6) is 0 Å². The summed E-state index contributed by atoms with van der Waals surface area (Å²) in [6, 6.07) is 1.71. The highest BCUT2D eigenvalue weighted by molar-refractivity contribution is 5.89. The van der Waals surface area contributed by atoms with Crippen LogP contribution in [0, 0.1) is 12.8 Å². The zero-order chi connectivity index (χ0) is 10.7. The van der Waals surface area contributed by atoms with Crippen LogP contribution < -0.4 is 10.6 Å². The van der Waals surface area contributed by atoms with Crippen molar-refractivity contribution in [2.75, 3.05) is 18.4 Å². The summed E-state index contributed by atoms with van der Waals surface area (Å²) >= 11 is 0. The number of carbonyl (C=O) groups is 1. The van der Waals surface area contributed by atoms with E-state index >= 15 is 0 Å². The highest BCUT2D eigenvalue weighted by Crippen LogP contribution is 2.14. The molecule has 0 spiro atoms. The van der Waals surface area contributed by atoms with Crippen LogP contribution in [-0.4, -0.2) is 24.2 Å². The van der Waals surface area contributed by atoms with E-state index in [1.54, 1.807) is 13.0 Å². The quantitative estimate of drug-likeness (QED) is 0.776. The largest absolute Gasteiger partial charge is 0.360 e. The summed E-state index contributed by atoms with van der Waals surface area (Å²) in [6.45, 7) is 3.75. The Bertz CT molecular complexity index is 342. The van der Waals surface area contributed by atoms with Gasteiger partial charge in [0, 0.05) is 12.5 Å². The number of carbonyl (C=O) groups excluding carboxylic acids is 1. The standard InChI is InChI=1S/C10H15N3O2/c1-7-4-9(13-15-7)12-10(14)5-8-2-3-11-6-8/h4,8,11H,2-3,5-6H2,1H3,(H,12,13,14). The first-order chi connectivity index (χ1) is 7.24. The zero-order valence-corrected chi connectivity index (χ0v) is 8.75. The number of aromatic nitrogens is 1. The molecular weight excluding hydrogens is 194 g/mol. The Morgan fingerprint density at radius 2 is 2.67 bits per heavy atom. The summed E-state index contributed by atoms with van der Waals surface area (Å²) < 4.78 is 4.86. The molecule has 1 aromatic heterocycles. The normalized spacial score (nSPS) is 20.5. The monoisotopic (exact) mass is 209 g/mol. The van der Waals surface area contributed by atoms with Crippen LogP contribution in [0.4, 0.5) is 5.82 Å².